The lowest BCUT2D eigenvalue weighted by Gasteiger charge is -2.08. The molecule has 1 unspecified atom stereocenters. The van der Waals surface area contributed by atoms with E-state index < -0.39 is 17.5 Å². The molecule has 25 heavy (non-hydrogen) atoms. The summed E-state index contributed by atoms with van der Waals surface area (Å²) in [5, 5.41) is 7.67. The topological polar surface area (TPSA) is 39.1 Å². The summed E-state index contributed by atoms with van der Waals surface area (Å²) in [6.07, 6.45) is 0.980. The van der Waals surface area contributed by atoms with Gasteiger partial charge in [-0.1, -0.05) is 6.07 Å². The number of ether oxygens (including phenoxy) is 1. The van der Waals surface area contributed by atoms with E-state index >= 15 is 0 Å². The molecule has 130 valence electrons. The van der Waals surface area contributed by atoms with Gasteiger partial charge >= 0.3 is 0 Å². The van der Waals surface area contributed by atoms with E-state index in [0.29, 0.717) is 18.0 Å². The number of hydrogen-bond acceptors (Lipinski definition) is 3. The minimum atomic E-state index is -0.778. The van der Waals surface area contributed by atoms with E-state index in [1.165, 1.54) is 22.9 Å². The minimum absolute atomic E-state index is 0.0365. The summed E-state index contributed by atoms with van der Waals surface area (Å²) < 4.78 is 48.7. The summed E-state index contributed by atoms with van der Waals surface area (Å²) in [7, 11) is 0. The Bertz CT molecular complexity index is 919. The van der Waals surface area contributed by atoms with Crippen LogP contribution in [0.25, 0.3) is 16.6 Å². The molecule has 1 aliphatic heterocycles. The maximum atomic E-state index is 14.3. The molecule has 1 N–H and O–H groups in total. The number of benzene rings is 2. The van der Waals surface area contributed by atoms with Crippen LogP contribution in [-0.4, -0.2) is 29.5 Å². The van der Waals surface area contributed by atoms with Crippen molar-refractivity contribution in [3.05, 3.63) is 53.8 Å². The van der Waals surface area contributed by atoms with E-state index in [0.717, 1.165) is 31.6 Å². The van der Waals surface area contributed by atoms with Gasteiger partial charge in [-0.05, 0) is 37.2 Å². The van der Waals surface area contributed by atoms with Gasteiger partial charge in [0.1, 0.15) is 17.3 Å². The molecule has 0 bridgehead atoms. The van der Waals surface area contributed by atoms with E-state index in [1.807, 2.05) is 0 Å². The zero-order valence-electron chi connectivity index (χ0n) is 13.3. The fraction of sp³-hybridized carbons (Fsp3) is 0.278. The minimum Gasteiger partial charge on any atom is -0.476 e. The van der Waals surface area contributed by atoms with E-state index in [4.69, 9.17) is 4.74 Å². The van der Waals surface area contributed by atoms with Crippen molar-refractivity contribution in [3.8, 4) is 11.6 Å². The highest BCUT2D eigenvalue weighted by molar-refractivity contribution is 5.86. The average molecular weight is 347 g/mol. The summed E-state index contributed by atoms with van der Waals surface area (Å²) >= 11 is 0. The maximum absolute atomic E-state index is 14.3. The Hall–Kier alpha value is -2.54. The summed E-state index contributed by atoms with van der Waals surface area (Å²) in [5.74, 6) is -1.52. The number of fused-ring (bicyclic) bond motifs is 1. The molecule has 0 spiro atoms. The van der Waals surface area contributed by atoms with Gasteiger partial charge in [-0.25, -0.2) is 17.9 Å². The van der Waals surface area contributed by atoms with Crippen LogP contribution in [0, 0.1) is 23.4 Å². The van der Waals surface area contributed by atoms with Crippen molar-refractivity contribution in [1.29, 1.82) is 0 Å². The van der Waals surface area contributed by atoms with Crippen molar-refractivity contribution in [2.45, 2.75) is 6.42 Å². The molecule has 2 aromatic carbocycles. The van der Waals surface area contributed by atoms with Crippen LogP contribution < -0.4 is 10.1 Å². The van der Waals surface area contributed by atoms with Gasteiger partial charge in [-0.3, -0.25) is 0 Å². The Morgan fingerprint density at radius 2 is 2.04 bits per heavy atom. The Morgan fingerprint density at radius 1 is 1.16 bits per heavy atom. The highest BCUT2D eigenvalue weighted by Gasteiger charge is 2.21. The number of halogens is 3. The lowest BCUT2D eigenvalue weighted by atomic mass is 10.1. The second kappa shape index (κ2) is 6.40. The van der Waals surface area contributed by atoms with Crippen molar-refractivity contribution in [1.82, 2.24) is 15.1 Å². The first-order valence-corrected chi connectivity index (χ1v) is 8.09. The standard InChI is InChI=1S/C18H16F3N3O/c19-12-4-5-15(14(21)8-12)24-16-3-1-2-13(20)17(16)18(23-24)25-10-11-6-7-22-9-11/h1-5,8,11,22H,6-7,9-10H2. The molecule has 1 atom stereocenters. The van der Waals surface area contributed by atoms with Crippen LogP contribution in [0.5, 0.6) is 5.88 Å². The van der Waals surface area contributed by atoms with Crippen LogP contribution >= 0.6 is 0 Å². The summed E-state index contributed by atoms with van der Waals surface area (Å²) in [5.41, 5.74) is 0.402. The zero-order chi connectivity index (χ0) is 17.4. The van der Waals surface area contributed by atoms with Gasteiger partial charge in [0.25, 0.3) is 0 Å². The maximum Gasteiger partial charge on any atom is 0.244 e. The van der Waals surface area contributed by atoms with Crippen molar-refractivity contribution < 1.29 is 17.9 Å². The lowest BCUT2D eigenvalue weighted by molar-refractivity contribution is 0.251. The van der Waals surface area contributed by atoms with E-state index in [9.17, 15) is 13.2 Å². The van der Waals surface area contributed by atoms with Crippen molar-refractivity contribution in [3.63, 3.8) is 0 Å². The highest BCUT2D eigenvalue weighted by atomic mass is 19.1. The molecule has 3 aromatic rings. The van der Waals surface area contributed by atoms with Gasteiger partial charge in [0.2, 0.25) is 5.88 Å². The first-order valence-electron chi connectivity index (χ1n) is 8.09. The molecule has 1 saturated heterocycles. The van der Waals surface area contributed by atoms with Crippen LogP contribution in [0.4, 0.5) is 13.2 Å². The van der Waals surface area contributed by atoms with E-state index in [-0.39, 0.29) is 17.0 Å². The smallest absolute Gasteiger partial charge is 0.244 e. The molecule has 1 aliphatic rings. The number of rotatable bonds is 4. The molecule has 1 fully saturated rings. The van der Waals surface area contributed by atoms with Gasteiger partial charge < -0.3 is 10.1 Å². The first-order chi connectivity index (χ1) is 12.1. The van der Waals surface area contributed by atoms with Crippen molar-refractivity contribution in [2.24, 2.45) is 5.92 Å². The van der Waals surface area contributed by atoms with Crippen LogP contribution in [0.15, 0.2) is 36.4 Å². The number of nitrogens with one attached hydrogen (secondary N) is 1. The van der Waals surface area contributed by atoms with Crippen molar-refractivity contribution >= 4 is 10.9 Å². The fourth-order valence-electron chi connectivity index (χ4n) is 3.09. The number of nitrogens with zero attached hydrogens (tertiary/aromatic N) is 2. The second-order valence-corrected chi connectivity index (χ2v) is 6.12. The van der Waals surface area contributed by atoms with Gasteiger partial charge in [0, 0.05) is 18.5 Å². The molecule has 1 aromatic heterocycles. The Labute approximate surface area is 142 Å². The number of hydrogen-bond donors (Lipinski definition) is 1. The normalized spacial score (nSPS) is 17.3. The van der Waals surface area contributed by atoms with Crippen LogP contribution in [0.2, 0.25) is 0 Å². The zero-order valence-corrected chi connectivity index (χ0v) is 13.3. The van der Waals surface area contributed by atoms with Gasteiger partial charge in [-0.15, -0.1) is 5.10 Å². The van der Waals surface area contributed by atoms with E-state index in [1.54, 1.807) is 6.07 Å². The average Bonchev–Trinajstić information content (AvgIpc) is 3.21. The highest BCUT2D eigenvalue weighted by Crippen LogP contribution is 2.31. The fourth-order valence-corrected chi connectivity index (χ4v) is 3.09. The van der Waals surface area contributed by atoms with Crippen LogP contribution in [0.3, 0.4) is 0 Å². The van der Waals surface area contributed by atoms with Crippen LogP contribution in [-0.2, 0) is 0 Å². The van der Waals surface area contributed by atoms with Crippen LogP contribution in [0.1, 0.15) is 6.42 Å². The summed E-state index contributed by atoms with van der Waals surface area (Å²) in [6.45, 7) is 2.17. The predicted molar refractivity (Wildman–Crippen MR) is 87.4 cm³/mol. The van der Waals surface area contributed by atoms with Gasteiger partial charge in [0.05, 0.1) is 17.5 Å². The summed E-state index contributed by atoms with van der Waals surface area (Å²) in [6, 6.07) is 7.62. The monoisotopic (exact) mass is 347 g/mol. The Balaban J connectivity index is 1.78. The third-order valence-corrected chi connectivity index (χ3v) is 4.38. The Morgan fingerprint density at radius 3 is 2.80 bits per heavy atom. The van der Waals surface area contributed by atoms with Gasteiger partial charge in [-0.2, -0.15) is 0 Å². The third-order valence-electron chi connectivity index (χ3n) is 4.38. The third kappa shape index (κ3) is 2.95. The first kappa shape index (κ1) is 16.0. The van der Waals surface area contributed by atoms with Crippen molar-refractivity contribution in [2.75, 3.05) is 19.7 Å². The largest absolute Gasteiger partial charge is 0.476 e. The molecule has 0 amide bonds. The molecular formula is C18H16F3N3O. The molecular weight excluding hydrogens is 331 g/mol. The predicted octanol–water partition coefficient (Wildman–Crippen LogP) is 3.43. The molecule has 0 saturated carbocycles. The summed E-state index contributed by atoms with van der Waals surface area (Å²) in [4.78, 5) is 0. The quantitative estimate of drug-likeness (QED) is 0.786. The molecule has 7 heteroatoms. The van der Waals surface area contributed by atoms with Gasteiger partial charge in [0.15, 0.2) is 5.82 Å². The molecule has 0 radical (unpaired) electrons. The lowest BCUT2D eigenvalue weighted by Crippen LogP contribution is -2.15. The molecule has 0 aliphatic carbocycles. The van der Waals surface area contributed by atoms with E-state index in [2.05, 4.69) is 10.4 Å². The molecule has 2 heterocycles. The number of aromatic nitrogens is 2. The second-order valence-electron chi connectivity index (χ2n) is 6.12. The molecule has 4 rings (SSSR count). The molecule has 4 nitrogen and oxygen atoms in total. The Kier molecular flexibility index (Phi) is 4.09. The SMILES string of the molecule is Fc1ccc(-n2nc(OCC3CCNC3)c3c(F)cccc32)c(F)c1.